The van der Waals surface area contributed by atoms with Gasteiger partial charge in [-0.05, 0) is 24.3 Å². The highest BCUT2D eigenvalue weighted by Crippen LogP contribution is 2.44. The zero-order valence-corrected chi connectivity index (χ0v) is 13.2. The fraction of sp³-hybridized carbons (Fsp3) is 0.125. The largest absolute Gasteiger partial charge is 0.345 e. The van der Waals surface area contributed by atoms with E-state index in [0.717, 1.165) is 16.8 Å². The molecule has 2 aromatic rings. The zero-order chi connectivity index (χ0) is 16.7. The van der Waals surface area contributed by atoms with Crippen molar-refractivity contribution < 1.29 is 14.4 Å². The Labute approximate surface area is 141 Å². The number of rotatable bonds is 2. The van der Waals surface area contributed by atoms with Gasteiger partial charge in [-0.1, -0.05) is 23.9 Å². The molecule has 1 aromatic heterocycles. The molecule has 1 atom stereocenters. The summed E-state index contributed by atoms with van der Waals surface area (Å²) in [5, 5.41) is 4.19. The summed E-state index contributed by atoms with van der Waals surface area (Å²) in [6.45, 7) is 0. The lowest BCUT2D eigenvalue weighted by atomic mass is 10.1. The molecule has 2 N–H and O–H groups in total. The van der Waals surface area contributed by atoms with Crippen LogP contribution in [0.15, 0.2) is 48.8 Å². The number of pyridine rings is 1. The Kier molecular flexibility index (Phi) is 3.27. The number of carbonyl (C=O) groups excluding carboxylic acids is 3. The van der Waals surface area contributed by atoms with Crippen molar-refractivity contribution in [2.75, 3.05) is 11.1 Å². The van der Waals surface area contributed by atoms with Gasteiger partial charge in [0.05, 0.1) is 5.75 Å². The van der Waals surface area contributed by atoms with Gasteiger partial charge in [-0.15, -0.1) is 0 Å². The number of carbonyl (C=O) groups is 3. The number of amides is 2. The van der Waals surface area contributed by atoms with E-state index < -0.39 is 10.9 Å². The number of ketones is 1. The van der Waals surface area contributed by atoms with Crippen molar-refractivity contribution in [1.82, 2.24) is 15.4 Å². The van der Waals surface area contributed by atoms with Crippen molar-refractivity contribution in [2.24, 2.45) is 0 Å². The number of hydrogen-bond donors (Lipinski definition) is 2. The second-order valence-corrected chi connectivity index (χ2v) is 6.51. The highest BCUT2D eigenvalue weighted by atomic mass is 32.2. The summed E-state index contributed by atoms with van der Waals surface area (Å²) in [4.78, 5) is 40.0. The quantitative estimate of drug-likeness (QED) is 0.855. The molecular weight excluding hydrogens is 328 g/mol. The maximum absolute atomic E-state index is 12.9. The Morgan fingerprint density at radius 1 is 1.21 bits per heavy atom. The first-order valence-corrected chi connectivity index (χ1v) is 8.20. The Balaban J connectivity index is 1.66. The van der Waals surface area contributed by atoms with Crippen LogP contribution in [0.1, 0.15) is 20.7 Å². The molecule has 0 aliphatic carbocycles. The number of nitrogens with one attached hydrogen (secondary N) is 2. The van der Waals surface area contributed by atoms with E-state index >= 15 is 0 Å². The number of fused-ring (bicyclic) bond motifs is 1. The summed E-state index contributed by atoms with van der Waals surface area (Å²) in [6, 6.07) is 10.1. The van der Waals surface area contributed by atoms with Crippen LogP contribution in [0.2, 0.25) is 0 Å². The van der Waals surface area contributed by atoms with Gasteiger partial charge in [0.1, 0.15) is 0 Å². The van der Waals surface area contributed by atoms with Crippen LogP contribution in [0.3, 0.4) is 0 Å². The van der Waals surface area contributed by atoms with Gasteiger partial charge in [-0.25, -0.2) is 5.01 Å². The van der Waals surface area contributed by atoms with Crippen LogP contribution >= 0.6 is 11.8 Å². The normalized spacial score (nSPS) is 21.8. The molecule has 1 aromatic carbocycles. The second kappa shape index (κ2) is 5.34. The lowest BCUT2D eigenvalue weighted by Gasteiger charge is -2.32. The minimum atomic E-state index is -1.33. The van der Waals surface area contributed by atoms with Gasteiger partial charge in [0, 0.05) is 29.2 Å². The molecule has 1 fully saturated rings. The van der Waals surface area contributed by atoms with Gasteiger partial charge in [0.2, 0.25) is 10.8 Å². The number of aromatic nitrogens is 1. The van der Waals surface area contributed by atoms with Crippen molar-refractivity contribution >= 4 is 35.0 Å². The number of Topliss-reactive ketones (excluding diaryl/α,β-unsaturated/α-hetero) is 1. The third kappa shape index (κ3) is 2.07. The van der Waals surface area contributed by atoms with E-state index in [2.05, 4.69) is 15.7 Å². The Morgan fingerprint density at radius 2 is 1.96 bits per heavy atom. The Bertz CT molecular complexity index is 857. The van der Waals surface area contributed by atoms with Crippen LogP contribution in [-0.4, -0.2) is 38.3 Å². The van der Waals surface area contributed by atoms with E-state index in [9.17, 15) is 14.4 Å². The van der Waals surface area contributed by atoms with Gasteiger partial charge in [-0.2, -0.15) is 0 Å². The number of anilines is 1. The molecule has 4 rings (SSSR count). The maximum Gasteiger partial charge on any atom is 0.270 e. The number of hydrazine groups is 1. The highest BCUT2D eigenvalue weighted by molar-refractivity contribution is 8.02. The maximum atomic E-state index is 12.9. The average molecular weight is 340 g/mol. The average Bonchev–Trinajstić information content (AvgIpc) is 3.08. The molecule has 1 saturated heterocycles. The predicted molar refractivity (Wildman–Crippen MR) is 88.1 cm³/mol. The molecule has 1 unspecified atom stereocenters. The molecule has 0 bridgehead atoms. The van der Waals surface area contributed by atoms with Gasteiger partial charge in [0.15, 0.2) is 0 Å². The monoisotopic (exact) mass is 340 g/mol. The van der Waals surface area contributed by atoms with Gasteiger partial charge in [0.25, 0.3) is 11.8 Å². The third-order valence-corrected chi connectivity index (χ3v) is 5.19. The van der Waals surface area contributed by atoms with Crippen molar-refractivity contribution in [2.45, 2.75) is 4.99 Å². The molecule has 0 saturated carbocycles. The number of nitrogens with zero attached hydrogens (tertiary/aromatic N) is 2. The zero-order valence-electron chi connectivity index (χ0n) is 12.4. The first-order chi connectivity index (χ1) is 11.6. The minimum Gasteiger partial charge on any atom is -0.345 e. The Morgan fingerprint density at radius 3 is 2.71 bits per heavy atom. The molecule has 1 spiro atoms. The standard InChI is InChI=1S/C16H12N4O3S/c21-13-9-24-16(14(22)11-3-1-2-4-12(11)18-16)20(13)19-15(23)10-5-7-17-8-6-10/h1-8,18H,9H2,(H,19,23). The summed E-state index contributed by atoms with van der Waals surface area (Å²) in [7, 11) is 0. The Hall–Kier alpha value is -2.87. The minimum absolute atomic E-state index is 0.101. The SMILES string of the molecule is O=C(NN1C(=O)CSC12Nc1ccccc1C2=O)c1ccncc1. The van der Waals surface area contributed by atoms with Crippen molar-refractivity contribution in [3.05, 3.63) is 59.9 Å². The first kappa shape index (κ1) is 14.7. The van der Waals surface area contributed by atoms with Crippen molar-refractivity contribution in [3.8, 4) is 0 Å². The summed E-state index contributed by atoms with van der Waals surface area (Å²) in [6.07, 6.45) is 2.97. The molecule has 120 valence electrons. The number of para-hydroxylation sites is 1. The summed E-state index contributed by atoms with van der Waals surface area (Å²) in [5.74, 6) is -0.957. The van der Waals surface area contributed by atoms with Crippen LogP contribution in [-0.2, 0) is 4.79 Å². The molecule has 0 radical (unpaired) electrons. The van der Waals surface area contributed by atoms with Gasteiger partial charge < -0.3 is 5.32 Å². The van der Waals surface area contributed by atoms with E-state index in [1.54, 1.807) is 24.3 Å². The fourth-order valence-electron chi connectivity index (χ4n) is 2.75. The van der Waals surface area contributed by atoms with E-state index in [-0.39, 0.29) is 17.4 Å². The second-order valence-electron chi connectivity index (χ2n) is 5.34. The van der Waals surface area contributed by atoms with E-state index in [1.165, 1.54) is 24.5 Å². The summed E-state index contributed by atoms with van der Waals surface area (Å²) < 4.78 is 0. The smallest absolute Gasteiger partial charge is 0.270 e. The lowest BCUT2D eigenvalue weighted by molar-refractivity contribution is -0.131. The topological polar surface area (TPSA) is 91.4 Å². The fourth-order valence-corrected chi connectivity index (χ4v) is 3.91. The molecular formula is C16H12N4O3S. The van der Waals surface area contributed by atoms with Crippen LogP contribution in [0.25, 0.3) is 0 Å². The van der Waals surface area contributed by atoms with Crippen molar-refractivity contribution in [1.29, 1.82) is 0 Å². The summed E-state index contributed by atoms with van der Waals surface area (Å²) >= 11 is 1.16. The van der Waals surface area contributed by atoms with E-state index in [1.807, 2.05) is 0 Å². The van der Waals surface area contributed by atoms with E-state index in [0.29, 0.717) is 16.8 Å². The van der Waals surface area contributed by atoms with Crippen LogP contribution in [0.4, 0.5) is 5.69 Å². The molecule has 2 aliphatic rings. The predicted octanol–water partition coefficient (Wildman–Crippen LogP) is 1.26. The molecule has 7 nitrogen and oxygen atoms in total. The number of benzene rings is 1. The highest BCUT2D eigenvalue weighted by Gasteiger charge is 2.57. The number of thioether (sulfide) groups is 1. The van der Waals surface area contributed by atoms with Crippen molar-refractivity contribution in [3.63, 3.8) is 0 Å². The first-order valence-electron chi connectivity index (χ1n) is 7.22. The van der Waals surface area contributed by atoms with Crippen LogP contribution < -0.4 is 10.7 Å². The van der Waals surface area contributed by atoms with Crippen LogP contribution in [0.5, 0.6) is 0 Å². The molecule has 2 amide bonds. The van der Waals surface area contributed by atoms with Gasteiger partial charge >= 0.3 is 0 Å². The summed E-state index contributed by atoms with van der Waals surface area (Å²) in [5.41, 5.74) is 4.06. The van der Waals surface area contributed by atoms with Gasteiger partial charge in [-0.3, -0.25) is 24.8 Å². The van der Waals surface area contributed by atoms with E-state index in [4.69, 9.17) is 0 Å². The third-order valence-electron chi connectivity index (χ3n) is 3.91. The lowest BCUT2D eigenvalue weighted by Crippen LogP contribution is -2.60. The molecule has 2 aliphatic heterocycles. The molecule has 8 heteroatoms. The number of hydrogen-bond acceptors (Lipinski definition) is 6. The molecule has 3 heterocycles. The van der Waals surface area contributed by atoms with Crippen LogP contribution in [0, 0.1) is 0 Å². The molecule has 24 heavy (non-hydrogen) atoms.